The maximum Gasteiger partial charge on any atom is 0.303 e. The summed E-state index contributed by atoms with van der Waals surface area (Å²) in [6.07, 6.45) is 40.4. The fourth-order valence-electron chi connectivity index (χ4n) is 5.30. The fourth-order valence-corrected chi connectivity index (χ4v) is 5.30. The average Bonchev–Trinajstić information content (AvgIpc) is 2.93. The van der Waals surface area contributed by atoms with Crippen LogP contribution in [0.2, 0.25) is 0 Å². The summed E-state index contributed by atoms with van der Waals surface area (Å²) in [7, 11) is 0. The van der Waals surface area contributed by atoms with E-state index in [1.165, 1.54) is 167 Å². The molecule has 0 heterocycles. The first kappa shape index (κ1) is 48.4. The first-order valence-electron chi connectivity index (χ1n) is 18.0. The summed E-state index contributed by atoms with van der Waals surface area (Å²) < 4.78 is 0. The predicted octanol–water partition coefficient (Wildman–Crippen LogP) is 11.8. The van der Waals surface area contributed by atoms with Crippen molar-refractivity contribution in [1.29, 1.82) is 0 Å². The van der Waals surface area contributed by atoms with Gasteiger partial charge >= 0.3 is 11.9 Å². The van der Waals surface area contributed by atoms with Crippen LogP contribution < -0.4 is 0 Å². The third-order valence-electron chi connectivity index (χ3n) is 7.99. The summed E-state index contributed by atoms with van der Waals surface area (Å²) in [5, 5.41) is 17.0. The van der Waals surface area contributed by atoms with Crippen LogP contribution >= 0.6 is 0 Å². The van der Waals surface area contributed by atoms with E-state index >= 15 is 0 Å². The minimum Gasteiger partial charge on any atom is -0.481 e. The molecule has 0 fully saturated rings. The molecule has 0 saturated heterocycles. The van der Waals surface area contributed by atoms with Crippen molar-refractivity contribution in [1.82, 2.24) is 0 Å². The van der Waals surface area contributed by atoms with Crippen molar-refractivity contribution >= 4 is 11.9 Å². The Morgan fingerprint density at radius 3 is 0.619 bits per heavy atom. The Kier molecular flexibility index (Phi) is 51.8. The third kappa shape index (κ3) is 52.2. The molecule has 6 heteroatoms. The second-order valence-corrected chi connectivity index (χ2v) is 12.2. The Morgan fingerprint density at radius 1 is 0.333 bits per heavy atom. The van der Waals surface area contributed by atoms with Crippen molar-refractivity contribution in [2.75, 3.05) is 0 Å². The molecule has 0 atom stereocenters. The molecule has 0 aromatic carbocycles. The number of carboxylic acids is 2. The maximum absolute atomic E-state index is 10.3. The topological polar surface area (TPSA) is 106 Å². The van der Waals surface area contributed by atoms with E-state index < -0.39 is 11.9 Å². The molecule has 0 unspecified atom stereocenters. The molecule has 0 bridgehead atoms. The smallest absolute Gasteiger partial charge is 0.303 e. The normalized spacial score (nSPS) is 10.3. The largest absolute Gasteiger partial charge is 0.481 e. The second-order valence-electron chi connectivity index (χ2n) is 12.2. The van der Waals surface area contributed by atoms with Crippen molar-refractivity contribution in [3.8, 4) is 0 Å². The molecule has 0 aliphatic heterocycles. The number of hydrogen-bond acceptors (Lipinski definition) is 2. The van der Waals surface area contributed by atoms with Gasteiger partial charge in [-0.15, -0.1) is 0 Å². The van der Waals surface area contributed by atoms with Gasteiger partial charge in [0.2, 0.25) is 0 Å². The molecule has 42 heavy (non-hydrogen) atoms. The fraction of sp³-hybridized carbons (Fsp3) is 0.944. The third-order valence-corrected chi connectivity index (χ3v) is 7.99. The summed E-state index contributed by atoms with van der Waals surface area (Å²) in [5.41, 5.74) is 0. The standard InChI is InChI=1S/2C18H36O2.H2O.Zn/c2*1-2-3-4-5-6-7-8-9-10-11-12-13-14-15-16-17-18(19)20;;/h2*2-17H2,1H3,(H,19,20);1H2;. The number of rotatable bonds is 32. The van der Waals surface area contributed by atoms with Crippen LogP contribution in [0.15, 0.2) is 0 Å². The van der Waals surface area contributed by atoms with Gasteiger partial charge in [0.05, 0.1) is 0 Å². The minimum atomic E-state index is -0.653. The van der Waals surface area contributed by atoms with E-state index in [9.17, 15) is 9.59 Å². The number of carboxylic acid groups (broad SMARTS) is 2. The van der Waals surface area contributed by atoms with E-state index in [1.807, 2.05) is 0 Å². The Hall–Kier alpha value is -0.477. The van der Waals surface area contributed by atoms with Gasteiger partial charge in [-0.2, -0.15) is 0 Å². The van der Waals surface area contributed by atoms with Gasteiger partial charge in [0.25, 0.3) is 0 Å². The zero-order chi connectivity index (χ0) is 29.8. The van der Waals surface area contributed by atoms with Crippen molar-refractivity contribution < 1.29 is 44.8 Å². The predicted molar refractivity (Wildman–Crippen MR) is 178 cm³/mol. The van der Waals surface area contributed by atoms with Crippen LogP contribution in [0.4, 0.5) is 0 Å². The van der Waals surface area contributed by atoms with Gasteiger partial charge in [-0.05, 0) is 12.8 Å². The van der Waals surface area contributed by atoms with E-state index in [0.717, 1.165) is 25.7 Å². The maximum atomic E-state index is 10.3. The van der Waals surface area contributed by atoms with Crippen molar-refractivity contribution in [3.63, 3.8) is 0 Å². The monoisotopic (exact) mass is 650 g/mol. The zero-order valence-electron chi connectivity index (χ0n) is 28.5. The Morgan fingerprint density at radius 2 is 0.476 bits per heavy atom. The van der Waals surface area contributed by atoms with Crippen LogP contribution in [0.3, 0.4) is 0 Å². The van der Waals surface area contributed by atoms with Gasteiger partial charge in [0.15, 0.2) is 0 Å². The van der Waals surface area contributed by atoms with E-state index in [2.05, 4.69) is 13.8 Å². The van der Waals surface area contributed by atoms with Gasteiger partial charge < -0.3 is 15.7 Å². The molecule has 0 aliphatic rings. The number of hydrogen-bond donors (Lipinski definition) is 2. The second kappa shape index (κ2) is 45.0. The van der Waals surface area contributed by atoms with Crippen LogP contribution in [0.5, 0.6) is 0 Å². The van der Waals surface area contributed by atoms with Crippen LogP contribution in [0.25, 0.3) is 0 Å². The zero-order valence-corrected chi connectivity index (χ0v) is 31.5. The minimum absolute atomic E-state index is 0. The Balaban J connectivity index is -0.000000328. The number of unbranched alkanes of at least 4 members (excludes halogenated alkanes) is 28. The number of aliphatic carboxylic acids is 2. The molecule has 0 spiro atoms. The molecule has 0 aromatic heterocycles. The molecule has 4 N–H and O–H groups in total. The van der Waals surface area contributed by atoms with Gasteiger partial charge in [-0.25, -0.2) is 0 Å². The summed E-state index contributed by atoms with van der Waals surface area (Å²) >= 11 is 0. The van der Waals surface area contributed by atoms with Crippen LogP contribution in [-0.4, -0.2) is 27.6 Å². The molecule has 5 nitrogen and oxygen atoms in total. The van der Waals surface area contributed by atoms with E-state index in [4.69, 9.17) is 10.2 Å². The van der Waals surface area contributed by atoms with Gasteiger partial charge in [-0.1, -0.05) is 194 Å². The first-order chi connectivity index (χ1) is 19.5. The molecule has 0 saturated carbocycles. The van der Waals surface area contributed by atoms with Gasteiger partial charge in [-0.3, -0.25) is 9.59 Å². The molecule has 0 amide bonds. The molecule has 250 valence electrons. The van der Waals surface area contributed by atoms with Gasteiger partial charge in [0.1, 0.15) is 0 Å². The summed E-state index contributed by atoms with van der Waals surface area (Å²) in [6.45, 7) is 4.54. The van der Waals surface area contributed by atoms with E-state index in [1.54, 1.807) is 0 Å². The quantitative estimate of drug-likeness (QED) is 0.0557. The molecule has 0 aromatic rings. The van der Waals surface area contributed by atoms with E-state index in [0.29, 0.717) is 12.8 Å². The van der Waals surface area contributed by atoms with Crippen LogP contribution in [0.1, 0.15) is 219 Å². The summed E-state index contributed by atoms with van der Waals surface area (Å²) in [6, 6.07) is 0. The molecular formula is C36H74O5Zn. The SMILES string of the molecule is CCCCCCCCCCCCCCCCCC(=O)O.CCCCCCCCCCCCCCCCCC(=O)O.O.[Zn]. The average molecular weight is 652 g/mol. The molecular weight excluding hydrogens is 578 g/mol. The molecule has 0 radical (unpaired) electrons. The number of carbonyl (C=O) groups is 2. The van der Waals surface area contributed by atoms with Crippen molar-refractivity contribution in [2.45, 2.75) is 219 Å². The van der Waals surface area contributed by atoms with E-state index in [-0.39, 0.29) is 25.0 Å². The molecule has 0 aliphatic carbocycles. The van der Waals surface area contributed by atoms with Crippen LogP contribution in [0, 0.1) is 0 Å². The van der Waals surface area contributed by atoms with Crippen molar-refractivity contribution in [3.05, 3.63) is 0 Å². The Labute approximate surface area is 275 Å². The van der Waals surface area contributed by atoms with Crippen molar-refractivity contribution in [2.24, 2.45) is 0 Å². The van der Waals surface area contributed by atoms with Gasteiger partial charge in [0, 0.05) is 32.3 Å². The van der Waals surface area contributed by atoms with Crippen LogP contribution in [-0.2, 0) is 29.1 Å². The Bertz CT molecular complexity index is 457. The first-order valence-corrected chi connectivity index (χ1v) is 18.0. The molecule has 0 rings (SSSR count). The summed E-state index contributed by atoms with van der Waals surface area (Å²) in [5.74, 6) is -1.31. The summed E-state index contributed by atoms with van der Waals surface area (Å²) in [4.78, 5) is 20.7.